The molecule has 2 rings (SSSR count). The molecule has 0 amide bonds. The van der Waals surface area contributed by atoms with E-state index in [4.69, 9.17) is 16.7 Å². The van der Waals surface area contributed by atoms with E-state index in [0.717, 1.165) is 5.03 Å². The van der Waals surface area contributed by atoms with Gasteiger partial charge in [0, 0.05) is 11.9 Å². The molecule has 1 aromatic rings. The number of carboxylic acid groups (broad SMARTS) is 1. The van der Waals surface area contributed by atoms with Crippen molar-refractivity contribution in [3.05, 3.63) is 23.4 Å². The third-order valence-corrected chi connectivity index (χ3v) is 4.90. The lowest BCUT2D eigenvalue weighted by Gasteiger charge is -2.34. The number of aliphatic carboxylic acids is 1. The summed E-state index contributed by atoms with van der Waals surface area (Å²) in [4.78, 5) is 15.0. The number of hydrogen-bond donors (Lipinski definition) is 2. The normalized spacial score (nSPS) is 27.2. The second-order valence-electron chi connectivity index (χ2n) is 4.94. The summed E-state index contributed by atoms with van der Waals surface area (Å²) in [5, 5.41) is 20.8. The minimum Gasteiger partial charge on any atom is -0.481 e. The quantitative estimate of drug-likeness (QED) is 0.837. The zero-order valence-electron chi connectivity index (χ0n) is 10.4. The van der Waals surface area contributed by atoms with Gasteiger partial charge in [-0.2, -0.15) is 0 Å². The Bertz CT molecular complexity index is 444. The predicted octanol–water partition coefficient (Wildman–Crippen LogP) is 2.83. The Labute approximate surface area is 121 Å². The molecule has 0 saturated heterocycles. The van der Waals surface area contributed by atoms with Gasteiger partial charge in [0.1, 0.15) is 0 Å². The van der Waals surface area contributed by atoms with Gasteiger partial charge in [0.15, 0.2) is 0 Å². The second kappa shape index (κ2) is 6.11. The van der Waals surface area contributed by atoms with Gasteiger partial charge in [-0.1, -0.05) is 11.6 Å². The molecule has 1 aliphatic carbocycles. The summed E-state index contributed by atoms with van der Waals surface area (Å²) < 4.78 is 0. The molecule has 104 valence electrons. The van der Waals surface area contributed by atoms with Crippen molar-refractivity contribution >= 4 is 29.3 Å². The lowest BCUT2D eigenvalue weighted by atomic mass is 9.80. The van der Waals surface area contributed by atoms with Crippen molar-refractivity contribution in [2.45, 2.75) is 36.3 Å². The average Bonchev–Trinajstić information content (AvgIpc) is 2.39. The Morgan fingerprint density at radius 3 is 2.68 bits per heavy atom. The molecule has 0 spiro atoms. The Morgan fingerprint density at radius 1 is 1.47 bits per heavy atom. The standard InChI is InChI=1S/C13H16ClNO3S/c14-10-1-2-11(15-7-10)19-8-13(18)5-3-9(4-6-13)12(16)17/h1-2,7,9,18H,3-6,8H2,(H,16,17). The molecule has 4 nitrogen and oxygen atoms in total. The van der Waals surface area contributed by atoms with Crippen LogP contribution < -0.4 is 0 Å². The van der Waals surface area contributed by atoms with E-state index in [1.807, 2.05) is 6.07 Å². The molecule has 1 fully saturated rings. The highest BCUT2D eigenvalue weighted by atomic mass is 35.5. The first-order valence-electron chi connectivity index (χ1n) is 6.18. The summed E-state index contributed by atoms with van der Waals surface area (Å²) in [5.74, 6) is -0.526. The Balaban J connectivity index is 1.86. The zero-order valence-corrected chi connectivity index (χ0v) is 12.0. The fourth-order valence-corrected chi connectivity index (χ4v) is 3.31. The topological polar surface area (TPSA) is 70.4 Å². The van der Waals surface area contributed by atoms with Crippen LogP contribution in [0.1, 0.15) is 25.7 Å². The van der Waals surface area contributed by atoms with Gasteiger partial charge in [0.25, 0.3) is 0 Å². The van der Waals surface area contributed by atoms with Gasteiger partial charge in [-0.25, -0.2) is 4.98 Å². The van der Waals surface area contributed by atoms with E-state index in [1.165, 1.54) is 11.8 Å². The van der Waals surface area contributed by atoms with Crippen molar-refractivity contribution in [1.82, 2.24) is 4.98 Å². The fourth-order valence-electron chi connectivity index (χ4n) is 2.20. The summed E-state index contributed by atoms with van der Waals surface area (Å²) in [6.45, 7) is 0. The molecule has 1 aromatic heterocycles. The maximum absolute atomic E-state index is 10.9. The zero-order chi connectivity index (χ0) is 13.9. The van der Waals surface area contributed by atoms with Crippen molar-refractivity contribution in [3.8, 4) is 0 Å². The maximum atomic E-state index is 10.9. The number of rotatable bonds is 4. The first-order chi connectivity index (χ1) is 8.98. The minimum absolute atomic E-state index is 0.307. The molecule has 0 aromatic carbocycles. The molecular formula is C13H16ClNO3S. The van der Waals surface area contributed by atoms with Crippen molar-refractivity contribution < 1.29 is 15.0 Å². The molecule has 0 radical (unpaired) electrons. The van der Waals surface area contributed by atoms with Crippen molar-refractivity contribution in [1.29, 1.82) is 0 Å². The van der Waals surface area contributed by atoms with Crippen molar-refractivity contribution in [2.75, 3.05) is 5.75 Å². The van der Waals surface area contributed by atoms with Crippen LogP contribution in [0.5, 0.6) is 0 Å². The number of aliphatic hydroxyl groups is 1. The predicted molar refractivity (Wildman–Crippen MR) is 74.5 cm³/mol. The van der Waals surface area contributed by atoms with Gasteiger partial charge in [-0.05, 0) is 37.8 Å². The van der Waals surface area contributed by atoms with E-state index in [1.54, 1.807) is 12.3 Å². The first kappa shape index (κ1) is 14.6. The van der Waals surface area contributed by atoms with Gasteiger partial charge in [0.2, 0.25) is 0 Å². The Hall–Kier alpha value is -0.780. The van der Waals surface area contributed by atoms with Gasteiger partial charge in [-0.15, -0.1) is 11.8 Å². The number of carboxylic acids is 1. The van der Waals surface area contributed by atoms with Crippen LogP contribution in [0.3, 0.4) is 0 Å². The number of halogens is 1. The average molecular weight is 302 g/mol. The van der Waals surface area contributed by atoms with E-state index in [2.05, 4.69) is 4.98 Å². The molecule has 0 unspecified atom stereocenters. The van der Waals surface area contributed by atoms with E-state index < -0.39 is 11.6 Å². The number of nitrogens with zero attached hydrogens (tertiary/aromatic N) is 1. The van der Waals surface area contributed by atoms with Crippen molar-refractivity contribution in [2.24, 2.45) is 5.92 Å². The molecule has 2 N–H and O–H groups in total. The maximum Gasteiger partial charge on any atom is 0.306 e. The molecule has 1 aliphatic rings. The largest absolute Gasteiger partial charge is 0.481 e. The SMILES string of the molecule is O=C(O)C1CCC(O)(CSc2ccc(Cl)cn2)CC1. The molecule has 19 heavy (non-hydrogen) atoms. The number of hydrogen-bond acceptors (Lipinski definition) is 4. The summed E-state index contributed by atoms with van der Waals surface area (Å²) in [5.41, 5.74) is -0.780. The minimum atomic E-state index is -0.780. The summed E-state index contributed by atoms with van der Waals surface area (Å²) in [7, 11) is 0. The summed E-state index contributed by atoms with van der Waals surface area (Å²) in [6, 6.07) is 3.58. The Morgan fingerprint density at radius 2 is 2.16 bits per heavy atom. The highest BCUT2D eigenvalue weighted by Crippen LogP contribution is 2.35. The van der Waals surface area contributed by atoms with Crippen LogP contribution in [-0.4, -0.2) is 32.5 Å². The van der Waals surface area contributed by atoms with Gasteiger partial charge < -0.3 is 10.2 Å². The second-order valence-corrected chi connectivity index (χ2v) is 6.37. The lowest BCUT2D eigenvalue weighted by Crippen LogP contribution is -2.38. The molecule has 0 atom stereocenters. The number of thioether (sulfide) groups is 1. The van der Waals surface area contributed by atoms with Crippen molar-refractivity contribution in [3.63, 3.8) is 0 Å². The molecular weight excluding hydrogens is 286 g/mol. The highest BCUT2D eigenvalue weighted by molar-refractivity contribution is 7.99. The van der Waals surface area contributed by atoms with Crippen LogP contribution in [0, 0.1) is 5.92 Å². The van der Waals surface area contributed by atoms with Gasteiger partial charge in [-0.3, -0.25) is 4.79 Å². The lowest BCUT2D eigenvalue weighted by molar-refractivity contribution is -0.144. The number of pyridine rings is 1. The van der Waals surface area contributed by atoms with Crippen LogP contribution in [0.25, 0.3) is 0 Å². The molecule has 0 bridgehead atoms. The highest BCUT2D eigenvalue weighted by Gasteiger charge is 2.35. The van der Waals surface area contributed by atoms with Gasteiger partial charge >= 0.3 is 5.97 Å². The van der Waals surface area contributed by atoms with Crippen LogP contribution in [0.2, 0.25) is 5.02 Å². The van der Waals surface area contributed by atoms with Crippen LogP contribution in [0.4, 0.5) is 0 Å². The van der Waals surface area contributed by atoms with Crippen LogP contribution >= 0.6 is 23.4 Å². The summed E-state index contributed by atoms with van der Waals surface area (Å²) >= 11 is 7.23. The smallest absolute Gasteiger partial charge is 0.306 e. The number of carbonyl (C=O) groups is 1. The third kappa shape index (κ3) is 4.09. The molecule has 1 heterocycles. The van der Waals surface area contributed by atoms with Crippen LogP contribution in [0.15, 0.2) is 23.4 Å². The first-order valence-corrected chi connectivity index (χ1v) is 7.54. The Kier molecular flexibility index (Phi) is 4.71. The molecule has 1 saturated carbocycles. The summed E-state index contributed by atoms with van der Waals surface area (Å²) in [6.07, 6.45) is 3.73. The monoisotopic (exact) mass is 301 g/mol. The van der Waals surface area contributed by atoms with E-state index >= 15 is 0 Å². The fraction of sp³-hybridized carbons (Fsp3) is 0.538. The van der Waals surface area contributed by atoms with E-state index in [9.17, 15) is 9.90 Å². The van der Waals surface area contributed by atoms with E-state index in [-0.39, 0.29) is 5.92 Å². The molecule has 6 heteroatoms. The third-order valence-electron chi connectivity index (χ3n) is 3.45. The number of aromatic nitrogens is 1. The van der Waals surface area contributed by atoms with Crippen LogP contribution in [-0.2, 0) is 4.79 Å². The van der Waals surface area contributed by atoms with Gasteiger partial charge in [0.05, 0.1) is 21.6 Å². The van der Waals surface area contributed by atoms with E-state index in [0.29, 0.717) is 36.5 Å². The molecule has 0 aliphatic heterocycles.